The maximum atomic E-state index is 2.49. The van der Waals surface area contributed by atoms with Crippen LogP contribution in [0.1, 0.15) is 36.1 Å². The van der Waals surface area contributed by atoms with E-state index in [1.807, 2.05) is 0 Å². The molecule has 0 spiro atoms. The van der Waals surface area contributed by atoms with Crippen LogP contribution in [0.2, 0.25) is 0 Å². The third-order valence-corrected chi connectivity index (χ3v) is 12.0. The van der Waals surface area contributed by atoms with Crippen LogP contribution in [-0.2, 0) is 11.8 Å². The zero-order chi connectivity index (χ0) is 36.0. The Morgan fingerprint density at radius 2 is 1.06 bits per heavy atom. The maximum Gasteiger partial charge on any atom is 0.0582 e. The summed E-state index contributed by atoms with van der Waals surface area (Å²) in [6.45, 7) is 4.72. The second kappa shape index (κ2) is 11.7. The van der Waals surface area contributed by atoms with Crippen molar-refractivity contribution >= 4 is 38.9 Å². The Balaban J connectivity index is 1.01. The summed E-state index contributed by atoms with van der Waals surface area (Å²) in [5.74, 6) is 0. The van der Waals surface area contributed by atoms with E-state index >= 15 is 0 Å². The molecule has 2 nitrogen and oxygen atoms in total. The fraction of sp³-hybridized carbons (Fsp3) is 0.0769. The minimum atomic E-state index is -0.0737. The molecule has 9 aromatic rings. The molecule has 0 saturated carbocycles. The lowest BCUT2D eigenvalue weighted by Gasteiger charge is -2.34. The van der Waals surface area contributed by atoms with Crippen LogP contribution in [-0.4, -0.2) is 4.57 Å². The average molecular weight is 691 g/mol. The standard InChI is InChI=1S/C52H38N2/c1-52(2)47-16-8-9-18-50(47)54-49-30-23-37(33-46(49)45-15-10-17-48(52)51(45)54)36-21-26-41(27-22-36)53(40-24-19-35(20-25-40)34-11-4-3-5-12-34)42-28-29-44-39(32-42)31-38-13-6-7-14-43(38)44/h3-30,32-33H,31H2,1-2H3. The van der Waals surface area contributed by atoms with Gasteiger partial charge in [0.2, 0.25) is 0 Å². The first-order valence-corrected chi connectivity index (χ1v) is 19.0. The molecule has 0 amide bonds. The Bertz CT molecular complexity index is 2910. The van der Waals surface area contributed by atoms with Gasteiger partial charge in [0.05, 0.1) is 16.7 Å². The van der Waals surface area contributed by atoms with Gasteiger partial charge in [-0.05, 0) is 117 Å². The van der Waals surface area contributed by atoms with Gasteiger partial charge in [-0.15, -0.1) is 0 Å². The summed E-state index contributed by atoms with van der Waals surface area (Å²) in [5, 5.41) is 2.60. The van der Waals surface area contributed by atoms with E-state index in [4.69, 9.17) is 0 Å². The number of hydrogen-bond donors (Lipinski definition) is 0. The van der Waals surface area contributed by atoms with Gasteiger partial charge in [0.25, 0.3) is 0 Å². The van der Waals surface area contributed by atoms with E-state index in [0.29, 0.717) is 0 Å². The normalized spacial score (nSPS) is 13.4. The number of fused-ring (bicyclic) bond motifs is 8. The van der Waals surface area contributed by atoms with E-state index in [0.717, 1.165) is 17.8 Å². The molecule has 2 heteroatoms. The molecular weight excluding hydrogens is 653 g/mol. The Kier molecular flexibility index (Phi) is 6.69. The first-order chi connectivity index (χ1) is 26.5. The topological polar surface area (TPSA) is 8.17 Å². The summed E-state index contributed by atoms with van der Waals surface area (Å²) < 4.78 is 2.49. The summed E-state index contributed by atoms with van der Waals surface area (Å²) >= 11 is 0. The van der Waals surface area contributed by atoms with Crippen LogP contribution in [0.15, 0.2) is 182 Å². The molecule has 0 radical (unpaired) electrons. The summed E-state index contributed by atoms with van der Waals surface area (Å²) in [6, 6.07) is 67.3. The lowest BCUT2D eigenvalue weighted by Crippen LogP contribution is -2.26. The highest BCUT2D eigenvalue weighted by Crippen LogP contribution is 2.48. The number of para-hydroxylation sites is 2. The molecule has 0 fully saturated rings. The van der Waals surface area contributed by atoms with E-state index < -0.39 is 0 Å². The zero-order valence-electron chi connectivity index (χ0n) is 30.4. The molecule has 54 heavy (non-hydrogen) atoms. The molecule has 1 aliphatic heterocycles. The van der Waals surface area contributed by atoms with E-state index in [-0.39, 0.29) is 5.41 Å². The largest absolute Gasteiger partial charge is 0.310 e. The molecule has 0 atom stereocenters. The highest BCUT2D eigenvalue weighted by atomic mass is 15.1. The van der Waals surface area contributed by atoms with Crippen molar-refractivity contribution in [3.8, 4) is 39.1 Å². The van der Waals surface area contributed by atoms with Crippen LogP contribution in [0.3, 0.4) is 0 Å². The minimum absolute atomic E-state index is 0.0737. The van der Waals surface area contributed by atoms with Gasteiger partial charge in [0, 0.05) is 33.2 Å². The van der Waals surface area contributed by atoms with Gasteiger partial charge in [-0.2, -0.15) is 0 Å². The smallest absolute Gasteiger partial charge is 0.0582 e. The van der Waals surface area contributed by atoms with Gasteiger partial charge in [0.1, 0.15) is 0 Å². The molecule has 2 aliphatic rings. The van der Waals surface area contributed by atoms with Crippen LogP contribution in [0.5, 0.6) is 0 Å². The third kappa shape index (κ3) is 4.60. The molecule has 0 unspecified atom stereocenters. The fourth-order valence-corrected chi connectivity index (χ4v) is 9.30. The van der Waals surface area contributed by atoms with Crippen molar-refractivity contribution in [1.29, 1.82) is 0 Å². The molecule has 1 aliphatic carbocycles. The van der Waals surface area contributed by atoms with Crippen molar-refractivity contribution < 1.29 is 0 Å². The molecule has 256 valence electrons. The molecular formula is C52H38N2. The summed E-state index contributed by atoms with van der Waals surface area (Å²) in [7, 11) is 0. The predicted octanol–water partition coefficient (Wildman–Crippen LogP) is 13.8. The van der Waals surface area contributed by atoms with Crippen molar-refractivity contribution in [2.24, 2.45) is 0 Å². The van der Waals surface area contributed by atoms with Gasteiger partial charge in [-0.3, -0.25) is 0 Å². The van der Waals surface area contributed by atoms with Gasteiger partial charge >= 0.3 is 0 Å². The second-order valence-electron chi connectivity index (χ2n) is 15.4. The Morgan fingerprint density at radius 3 is 1.85 bits per heavy atom. The molecule has 8 aromatic carbocycles. The fourth-order valence-electron chi connectivity index (χ4n) is 9.30. The lowest BCUT2D eigenvalue weighted by molar-refractivity contribution is 0.630. The van der Waals surface area contributed by atoms with E-state index in [2.05, 4.69) is 205 Å². The van der Waals surface area contributed by atoms with E-state index in [1.165, 1.54) is 88.8 Å². The van der Waals surface area contributed by atoms with Gasteiger partial charge in [0.15, 0.2) is 0 Å². The maximum absolute atomic E-state index is 2.49. The summed E-state index contributed by atoms with van der Waals surface area (Å²) in [6.07, 6.45) is 0.961. The number of anilines is 3. The highest BCUT2D eigenvalue weighted by molar-refractivity contribution is 6.12. The summed E-state index contributed by atoms with van der Waals surface area (Å²) in [4.78, 5) is 2.40. The van der Waals surface area contributed by atoms with Gasteiger partial charge in [-0.25, -0.2) is 0 Å². The SMILES string of the molecule is CC1(C)c2ccccc2-n2c3ccc(-c4ccc(N(c5ccc(-c6ccccc6)cc5)c5ccc6c(c5)Cc5ccccc5-6)cc4)cc3c3cccc1c32. The number of rotatable bonds is 5. The zero-order valence-corrected chi connectivity index (χ0v) is 30.4. The molecule has 0 bridgehead atoms. The third-order valence-electron chi connectivity index (χ3n) is 12.0. The number of nitrogens with zero attached hydrogens (tertiary/aromatic N) is 2. The monoisotopic (exact) mass is 690 g/mol. The Hall–Kier alpha value is -6.64. The van der Waals surface area contributed by atoms with E-state index in [9.17, 15) is 0 Å². The predicted molar refractivity (Wildman–Crippen MR) is 227 cm³/mol. The quantitative estimate of drug-likeness (QED) is 0.175. The first-order valence-electron chi connectivity index (χ1n) is 19.0. The molecule has 2 heterocycles. The lowest BCUT2D eigenvalue weighted by atomic mass is 9.75. The molecule has 1 aromatic heterocycles. The van der Waals surface area contributed by atoms with Crippen molar-refractivity contribution in [2.75, 3.05) is 4.90 Å². The van der Waals surface area contributed by atoms with Crippen LogP contribution < -0.4 is 4.90 Å². The number of aromatic nitrogens is 1. The second-order valence-corrected chi connectivity index (χ2v) is 15.4. The highest BCUT2D eigenvalue weighted by Gasteiger charge is 2.34. The number of hydrogen-bond acceptors (Lipinski definition) is 1. The number of benzene rings is 8. The average Bonchev–Trinajstić information content (AvgIpc) is 3.76. The summed E-state index contributed by atoms with van der Waals surface area (Å²) in [5.41, 5.74) is 20.3. The van der Waals surface area contributed by atoms with Crippen LogP contribution >= 0.6 is 0 Å². The van der Waals surface area contributed by atoms with Crippen molar-refractivity contribution in [1.82, 2.24) is 4.57 Å². The Morgan fingerprint density at radius 1 is 0.444 bits per heavy atom. The first kappa shape index (κ1) is 30.9. The minimum Gasteiger partial charge on any atom is -0.310 e. The van der Waals surface area contributed by atoms with E-state index in [1.54, 1.807) is 0 Å². The van der Waals surface area contributed by atoms with Crippen molar-refractivity contribution in [3.63, 3.8) is 0 Å². The molecule has 0 N–H and O–H groups in total. The van der Waals surface area contributed by atoms with Crippen LogP contribution in [0, 0.1) is 0 Å². The Labute approximate surface area is 316 Å². The van der Waals surface area contributed by atoms with Crippen molar-refractivity contribution in [2.45, 2.75) is 25.7 Å². The molecule has 0 saturated heterocycles. The van der Waals surface area contributed by atoms with Crippen LogP contribution in [0.4, 0.5) is 17.1 Å². The molecule has 11 rings (SSSR count). The van der Waals surface area contributed by atoms with Gasteiger partial charge < -0.3 is 9.47 Å². The van der Waals surface area contributed by atoms with Gasteiger partial charge in [-0.1, -0.05) is 141 Å². The van der Waals surface area contributed by atoms with Crippen molar-refractivity contribution in [3.05, 3.63) is 204 Å². The van der Waals surface area contributed by atoms with Crippen LogP contribution in [0.25, 0.3) is 60.9 Å².